The van der Waals surface area contributed by atoms with Crippen molar-refractivity contribution in [2.24, 2.45) is 5.16 Å². The Morgan fingerprint density at radius 1 is 1.24 bits per heavy atom. The summed E-state index contributed by atoms with van der Waals surface area (Å²) >= 11 is 0. The second kappa shape index (κ2) is 11.0. The van der Waals surface area contributed by atoms with Gasteiger partial charge in [0.05, 0.1) is 24.3 Å². The van der Waals surface area contributed by atoms with E-state index in [0.29, 0.717) is 12.1 Å². The number of halogens is 1. The molecule has 1 amide bonds. The Labute approximate surface area is 191 Å². The SMILES string of the molecule is CCCCOC(=O)CC(NC(=O)C1(CC)CC(c2ccnc3ccccc23)=NO1)C(=O)CF. The number of benzene rings is 1. The van der Waals surface area contributed by atoms with Crippen LogP contribution < -0.4 is 5.32 Å². The number of unbranched alkanes of at least 4 members (excludes halogenated alkanes) is 1. The van der Waals surface area contributed by atoms with E-state index in [2.05, 4.69) is 15.5 Å². The molecular formula is C24H28FN3O5. The number of aromatic nitrogens is 1. The molecule has 1 aliphatic rings. The van der Waals surface area contributed by atoms with Gasteiger partial charge in [0.25, 0.3) is 5.91 Å². The number of hydrogen-bond donors (Lipinski definition) is 1. The lowest BCUT2D eigenvalue weighted by Gasteiger charge is -2.26. The van der Waals surface area contributed by atoms with Crippen LogP contribution in [0.1, 0.15) is 51.5 Å². The highest BCUT2D eigenvalue weighted by Crippen LogP contribution is 2.32. The van der Waals surface area contributed by atoms with Crippen LogP contribution in [0, 0.1) is 0 Å². The number of amides is 1. The molecule has 0 spiro atoms. The molecule has 8 nitrogen and oxygen atoms in total. The van der Waals surface area contributed by atoms with E-state index in [1.807, 2.05) is 31.2 Å². The molecule has 2 heterocycles. The smallest absolute Gasteiger partial charge is 0.308 e. The number of nitrogens with zero attached hydrogens (tertiary/aromatic N) is 2. The lowest BCUT2D eigenvalue weighted by molar-refractivity contribution is -0.149. The number of carbonyl (C=O) groups excluding carboxylic acids is 3. The highest BCUT2D eigenvalue weighted by molar-refractivity contribution is 6.12. The van der Waals surface area contributed by atoms with Crippen molar-refractivity contribution in [3.05, 3.63) is 42.1 Å². The van der Waals surface area contributed by atoms with Gasteiger partial charge in [-0.1, -0.05) is 43.6 Å². The highest BCUT2D eigenvalue weighted by atomic mass is 19.1. The van der Waals surface area contributed by atoms with Crippen LogP contribution >= 0.6 is 0 Å². The number of hydrogen-bond acceptors (Lipinski definition) is 7. The molecule has 0 saturated carbocycles. The van der Waals surface area contributed by atoms with Gasteiger partial charge in [-0.3, -0.25) is 19.4 Å². The second-order valence-electron chi connectivity index (χ2n) is 7.93. The number of oxime groups is 1. The van der Waals surface area contributed by atoms with Crippen LogP contribution in [-0.2, 0) is 24.0 Å². The third-order valence-electron chi connectivity index (χ3n) is 5.69. The van der Waals surface area contributed by atoms with Gasteiger partial charge < -0.3 is 14.9 Å². The number of ketones is 1. The molecule has 2 atom stereocenters. The van der Waals surface area contributed by atoms with Crippen LogP contribution in [-0.4, -0.2) is 53.3 Å². The van der Waals surface area contributed by atoms with Crippen molar-refractivity contribution in [3.63, 3.8) is 0 Å². The van der Waals surface area contributed by atoms with Crippen molar-refractivity contribution < 1.29 is 28.3 Å². The Balaban J connectivity index is 1.74. The number of ether oxygens (including phenoxy) is 1. The summed E-state index contributed by atoms with van der Waals surface area (Å²) in [5, 5.41) is 7.52. The van der Waals surface area contributed by atoms with Crippen molar-refractivity contribution >= 4 is 34.3 Å². The van der Waals surface area contributed by atoms with E-state index in [0.717, 1.165) is 22.9 Å². The second-order valence-corrected chi connectivity index (χ2v) is 7.93. The molecule has 1 aromatic carbocycles. The fourth-order valence-electron chi connectivity index (χ4n) is 3.63. The number of rotatable bonds is 11. The van der Waals surface area contributed by atoms with Gasteiger partial charge in [0.2, 0.25) is 5.60 Å². The van der Waals surface area contributed by atoms with Crippen LogP contribution in [0.15, 0.2) is 41.7 Å². The summed E-state index contributed by atoms with van der Waals surface area (Å²) in [5.41, 5.74) is 0.768. The van der Waals surface area contributed by atoms with Gasteiger partial charge in [0.1, 0.15) is 12.7 Å². The van der Waals surface area contributed by atoms with Crippen molar-refractivity contribution in [1.82, 2.24) is 10.3 Å². The van der Waals surface area contributed by atoms with Crippen LogP contribution in [0.3, 0.4) is 0 Å². The molecule has 2 aromatic rings. The maximum Gasteiger partial charge on any atom is 0.308 e. The van der Waals surface area contributed by atoms with Gasteiger partial charge in [0.15, 0.2) is 5.78 Å². The largest absolute Gasteiger partial charge is 0.466 e. The summed E-state index contributed by atoms with van der Waals surface area (Å²) in [5.74, 6) is -2.20. The maximum atomic E-state index is 13.2. The Morgan fingerprint density at radius 2 is 2.03 bits per heavy atom. The minimum absolute atomic E-state index is 0.154. The Hall–Kier alpha value is -3.36. The van der Waals surface area contributed by atoms with E-state index in [4.69, 9.17) is 9.57 Å². The molecule has 0 fully saturated rings. The maximum absolute atomic E-state index is 13.2. The zero-order valence-corrected chi connectivity index (χ0v) is 18.8. The zero-order valence-electron chi connectivity index (χ0n) is 18.8. The van der Waals surface area contributed by atoms with E-state index in [9.17, 15) is 18.8 Å². The molecule has 0 aliphatic carbocycles. The molecule has 1 N–H and O–H groups in total. The van der Waals surface area contributed by atoms with Gasteiger partial charge in [-0.25, -0.2) is 4.39 Å². The van der Waals surface area contributed by atoms with E-state index >= 15 is 0 Å². The first-order valence-electron chi connectivity index (χ1n) is 11.1. The molecule has 1 aromatic heterocycles. The first-order valence-corrected chi connectivity index (χ1v) is 11.1. The predicted molar refractivity (Wildman–Crippen MR) is 120 cm³/mol. The van der Waals surface area contributed by atoms with Gasteiger partial charge in [-0.2, -0.15) is 0 Å². The lowest BCUT2D eigenvalue weighted by Crippen LogP contribution is -2.53. The fraction of sp³-hybridized carbons (Fsp3) is 0.458. The average Bonchev–Trinajstić information content (AvgIpc) is 3.28. The van der Waals surface area contributed by atoms with Crippen LogP contribution in [0.5, 0.6) is 0 Å². The minimum atomic E-state index is -1.37. The Kier molecular flexibility index (Phi) is 8.08. The summed E-state index contributed by atoms with van der Waals surface area (Å²) in [4.78, 5) is 47.2. The Morgan fingerprint density at radius 3 is 2.76 bits per heavy atom. The number of fused-ring (bicyclic) bond motifs is 1. The highest BCUT2D eigenvalue weighted by Gasteiger charge is 2.46. The number of Topliss-reactive ketones (excluding diaryl/α,β-unsaturated/α-hetero) is 1. The molecule has 0 saturated heterocycles. The molecular weight excluding hydrogens is 429 g/mol. The van der Waals surface area contributed by atoms with E-state index in [1.54, 1.807) is 19.2 Å². The first kappa shape index (κ1) is 24.3. The van der Waals surface area contributed by atoms with Crippen molar-refractivity contribution in [3.8, 4) is 0 Å². The quantitative estimate of drug-likeness (QED) is 0.410. The number of pyridine rings is 1. The molecule has 33 heavy (non-hydrogen) atoms. The number of carbonyl (C=O) groups is 3. The molecule has 176 valence electrons. The number of para-hydroxylation sites is 1. The molecule has 3 rings (SSSR count). The molecule has 0 bridgehead atoms. The fourth-order valence-corrected chi connectivity index (χ4v) is 3.63. The third kappa shape index (κ3) is 5.53. The number of nitrogens with one attached hydrogen (secondary N) is 1. The van der Waals surface area contributed by atoms with Gasteiger partial charge in [-0.15, -0.1) is 0 Å². The first-order chi connectivity index (χ1) is 15.9. The third-order valence-corrected chi connectivity index (χ3v) is 5.69. The van der Waals surface area contributed by atoms with Crippen LogP contribution in [0.25, 0.3) is 10.9 Å². The predicted octanol–water partition coefficient (Wildman–Crippen LogP) is 3.26. The molecule has 1 aliphatic heterocycles. The minimum Gasteiger partial charge on any atom is -0.466 e. The topological polar surface area (TPSA) is 107 Å². The summed E-state index contributed by atoms with van der Waals surface area (Å²) in [6, 6.07) is 8.01. The molecule has 9 heteroatoms. The van der Waals surface area contributed by atoms with Crippen molar-refractivity contribution in [1.29, 1.82) is 0 Å². The van der Waals surface area contributed by atoms with Gasteiger partial charge >= 0.3 is 5.97 Å². The number of alkyl halides is 1. The van der Waals surface area contributed by atoms with Crippen molar-refractivity contribution in [2.45, 2.75) is 57.6 Å². The van der Waals surface area contributed by atoms with Gasteiger partial charge in [0, 0.05) is 23.6 Å². The van der Waals surface area contributed by atoms with Gasteiger partial charge in [-0.05, 0) is 25.0 Å². The van der Waals surface area contributed by atoms with Crippen LogP contribution in [0.2, 0.25) is 0 Å². The Bertz CT molecular complexity index is 1050. The zero-order chi connectivity index (χ0) is 23.8. The van der Waals surface area contributed by atoms with Crippen molar-refractivity contribution in [2.75, 3.05) is 13.3 Å². The number of esters is 1. The monoisotopic (exact) mass is 457 g/mol. The average molecular weight is 458 g/mol. The van der Waals surface area contributed by atoms with Crippen LogP contribution in [0.4, 0.5) is 4.39 Å². The normalized spacial score (nSPS) is 18.3. The molecule has 0 radical (unpaired) electrons. The summed E-state index contributed by atoms with van der Waals surface area (Å²) < 4.78 is 18.2. The standard InChI is InChI=1S/C24H28FN3O5/c1-3-5-12-32-22(30)13-19(21(29)15-25)27-23(31)24(4-2)14-20(28-33-24)17-10-11-26-18-9-7-6-8-16(17)18/h6-11,19H,3-5,12-15H2,1-2H3,(H,27,31). The summed E-state index contributed by atoms with van der Waals surface area (Å²) in [7, 11) is 0. The lowest BCUT2D eigenvalue weighted by atomic mass is 9.89. The van der Waals surface area contributed by atoms with E-state index in [1.165, 1.54) is 0 Å². The van der Waals surface area contributed by atoms with E-state index < -0.39 is 42.4 Å². The summed E-state index contributed by atoms with van der Waals surface area (Å²) in [6.45, 7) is 2.60. The van der Waals surface area contributed by atoms with E-state index in [-0.39, 0.29) is 19.4 Å². The summed E-state index contributed by atoms with van der Waals surface area (Å²) in [6.07, 6.45) is 3.14. The molecule has 2 unspecified atom stereocenters.